The molecule has 104 valence electrons. The molecule has 0 aliphatic heterocycles. The van der Waals surface area contributed by atoms with Crippen LogP contribution in [0.15, 0.2) is 29.2 Å². The van der Waals surface area contributed by atoms with Crippen molar-refractivity contribution < 1.29 is 18.3 Å². The molecule has 0 saturated carbocycles. The first-order valence-electron chi connectivity index (χ1n) is 5.46. The fourth-order valence-electron chi connectivity index (χ4n) is 1.34. The summed E-state index contributed by atoms with van der Waals surface area (Å²) in [6.45, 7) is 2.05. The molecule has 1 aromatic rings. The minimum atomic E-state index is -3.61. The maximum Gasteiger partial charge on any atom is 0.328 e. The van der Waals surface area contributed by atoms with E-state index in [0.717, 1.165) is 6.08 Å². The van der Waals surface area contributed by atoms with Crippen LogP contribution in [0.2, 0.25) is 5.02 Å². The van der Waals surface area contributed by atoms with E-state index in [9.17, 15) is 13.2 Å². The van der Waals surface area contributed by atoms with Crippen molar-refractivity contribution in [3.8, 4) is 0 Å². The van der Waals surface area contributed by atoms with Crippen LogP contribution >= 0.6 is 11.6 Å². The molecule has 0 aromatic heterocycles. The number of aliphatic carboxylic acids is 1. The van der Waals surface area contributed by atoms with Crippen LogP contribution in [-0.2, 0) is 14.8 Å². The topological polar surface area (TPSA) is 74.7 Å². The first-order chi connectivity index (χ1) is 8.78. The maximum atomic E-state index is 12.1. The summed E-state index contributed by atoms with van der Waals surface area (Å²) in [7, 11) is -2.14. The number of hydrogen-bond donors (Lipinski definition) is 1. The molecule has 1 aromatic carbocycles. The first kappa shape index (κ1) is 15.7. The third-order valence-electron chi connectivity index (χ3n) is 2.51. The van der Waals surface area contributed by atoms with E-state index in [4.69, 9.17) is 16.7 Å². The van der Waals surface area contributed by atoms with Gasteiger partial charge in [0.1, 0.15) is 4.90 Å². The lowest BCUT2D eigenvalue weighted by atomic mass is 10.2. The minimum Gasteiger partial charge on any atom is -0.478 e. The minimum absolute atomic E-state index is 0.00555. The van der Waals surface area contributed by atoms with Crippen LogP contribution in [0, 0.1) is 0 Å². The normalized spacial score (nSPS) is 12.2. The summed E-state index contributed by atoms with van der Waals surface area (Å²) in [5, 5.41) is 8.57. The van der Waals surface area contributed by atoms with Gasteiger partial charge in [-0.25, -0.2) is 17.5 Å². The molecule has 0 radical (unpaired) electrons. The molecule has 0 spiro atoms. The smallest absolute Gasteiger partial charge is 0.328 e. The van der Waals surface area contributed by atoms with Crippen molar-refractivity contribution in [1.29, 1.82) is 0 Å². The molecule has 1 N–H and O–H groups in total. The van der Waals surface area contributed by atoms with Gasteiger partial charge in [-0.05, 0) is 23.8 Å². The van der Waals surface area contributed by atoms with Gasteiger partial charge in [0.2, 0.25) is 10.0 Å². The van der Waals surface area contributed by atoms with E-state index in [1.807, 2.05) is 0 Å². The Kier molecular flexibility index (Phi) is 5.11. The molecule has 19 heavy (non-hydrogen) atoms. The molecular formula is C12H14ClNO4S. The molecule has 5 nitrogen and oxygen atoms in total. The van der Waals surface area contributed by atoms with Crippen LogP contribution in [-0.4, -0.2) is 37.4 Å². The van der Waals surface area contributed by atoms with Crippen LogP contribution in [0.3, 0.4) is 0 Å². The lowest BCUT2D eigenvalue weighted by Crippen LogP contribution is -2.26. The van der Waals surface area contributed by atoms with Crippen molar-refractivity contribution >= 4 is 33.7 Å². The zero-order chi connectivity index (χ0) is 14.6. The highest BCUT2D eigenvalue weighted by Gasteiger charge is 2.22. The van der Waals surface area contributed by atoms with Crippen LogP contribution in [0.4, 0.5) is 0 Å². The van der Waals surface area contributed by atoms with E-state index in [-0.39, 0.29) is 9.92 Å². The lowest BCUT2D eigenvalue weighted by Gasteiger charge is -2.15. The third kappa shape index (κ3) is 3.79. The highest BCUT2D eigenvalue weighted by atomic mass is 35.5. The number of sulfonamides is 1. The molecule has 0 bridgehead atoms. The number of carbonyl (C=O) groups is 1. The van der Waals surface area contributed by atoms with Crippen LogP contribution in [0.1, 0.15) is 12.5 Å². The second-order valence-corrected chi connectivity index (χ2v) is 6.20. The van der Waals surface area contributed by atoms with Crippen LogP contribution < -0.4 is 0 Å². The lowest BCUT2D eigenvalue weighted by molar-refractivity contribution is -0.131. The van der Waals surface area contributed by atoms with Gasteiger partial charge in [0.25, 0.3) is 0 Å². The number of nitrogens with zero attached hydrogens (tertiary/aromatic N) is 1. The first-order valence-corrected chi connectivity index (χ1v) is 7.27. The van der Waals surface area contributed by atoms with Gasteiger partial charge in [-0.2, -0.15) is 0 Å². The summed E-state index contributed by atoms with van der Waals surface area (Å²) >= 11 is 5.94. The van der Waals surface area contributed by atoms with Crippen molar-refractivity contribution in [2.45, 2.75) is 11.8 Å². The van der Waals surface area contributed by atoms with Gasteiger partial charge < -0.3 is 5.11 Å². The second kappa shape index (κ2) is 6.18. The zero-order valence-corrected chi connectivity index (χ0v) is 12.1. The fraction of sp³-hybridized carbons (Fsp3) is 0.250. The molecule has 0 atom stereocenters. The van der Waals surface area contributed by atoms with E-state index in [0.29, 0.717) is 12.1 Å². The molecule has 0 saturated heterocycles. The van der Waals surface area contributed by atoms with Crippen molar-refractivity contribution in [2.24, 2.45) is 0 Å². The Labute approximate surface area is 117 Å². The Hall–Kier alpha value is -1.37. The summed E-state index contributed by atoms with van der Waals surface area (Å²) in [5.41, 5.74) is 0.519. The molecule has 0 aliphatic carbocycles. The van der Waals surface area contributed by atoms with Gasteiger partial charge in [-0.3, -0.25) is 0 Å². The molecule has 1 rings (SSSR count). The van der Waals surface area contributed by atoms with Crippen LogP contribution in [0.25, 0.3) is 6.08 Å². The largest absolute Gasteiger partial charge is 0.478 e. The molecule has 0 heterocycles. The number of hydrogen-bond acceptors (Lipinski definition) is 3. The van der Waals surface area contributed by atoms with Gasteiger partial charge in [-0.15, -0.1) is 0 Å². The number of halogens is 1. The van der Waals surface area contributed by atoms with Crippen LogP contribution in [0.5, 0.6) is 0 Å². The summed E-state index contributed by atoms with van der Waals surface area (Å²) in [4.78, 5) is 10.4. The van der Waals surface area contributed by atoms with E-state index in [1.165, 1.54) is 35.6 Å². The highest BCUT2D eigenvalue weighted by molar-refractivity contribution is 7.89. The van der Waals surface area contributed by atoms with Gasteiger partial charge in [0.15, 0.2) is 0 Å². The average Bonchev–Trinajstić information content (AvgIpc) is 2.34. The summed E-state index contributed by atoms with van der Waals surface area (Å²) in [6.07, 6.45) is 2.30. The summed E-state index contributed by atoms with van der Waals surface area (Å²) in [5.74, 6) is -1.08. The van der Waals surface area contributed by atoms with E-state index >= 15 is 0 Å². The van der Waals surface area contributed by atoms with Gasteiger partial charge in [-0.1, -0.05) is 24.6 Å². The Morgan fingerprint density at radius 2 is 2.11 bits per heavy atom. The van der Waals surface area contributed by atoms with Crippen molar-refractivity contribution in [2.75, 3.05) is 13.6 Å². The Bertz CT molecular complexity index is 610. The average molecular weight is 304 g/mol. The van der Waals surface area contributed by atoms with Crippen molar-refractivity contribution in [1.82, 2.24) is 4.31 Å². The fourth-order valence-corrected chi connectivity index (χ4v) is 3.04. The second-order valence-electron chi connectivity index (χ2n) is 3.78. The predicted molar refractivity (Wildman–Crippen MR) is 73.6 cm³/mol. The number of carboxylic acids is 1. The predicted octanol–water partition coefficient (Wildman–Crippen LogP) is 2.08. The van der Waals surface area contributed by atoms with Crippen molar-refractivity contribution in [3.05, 3.63) is 34.9 Å². The molecular weight excluding hydrogens is 290 g/mol. The Morgan fingerprint density at radius 1 is 1.47 bits per heavy atom. The van der Waals surface area contributed by atoms with Gasteiger partial charge >= 0.3 is 5.97 Å². The van der Waals surface area contributed by atoms with Gasteiger partial charge in [0.05, 0.1) is 5.02 Å². The summed E-state index contributed by atoms with van der Waals surface area (Å²) < 4.78 is 25.4. The zero-order valence-electron chi connectivity index (χ0n) is 10.5. The van der Waals surface area contributed by atoms with Gasteiger partial charge in [0, 0.05) is 19.7 Å². The SMILES string of the molecule is CCN(C)S(=O)(=O)c1ccc(C=CC(=O)O)cc1Cl. The molecule has 0 unspecified atom stereocenters. The number of rotatable bonds is 5. The van der Waals surface area contributed by atoms with E-state index in [1.54, 1.807) is 6.92 Å². The Morgan fingerprint density at radius 3 is 2.58 bits per heavy atom. The molecule has 0 fully saturated rings. The maximum absolute atomic E-state index is 12.1. The number of carboxylic acid groups (broad SMARTS) is 1. The molecule has 0 amide bonds. The van der Waals surface area contributed by atoms with E-state index < -0.39 is 16.0 Å². The molecule has 7 heteroatoms. The quantitative estimate of drug-likeness (QED) is 0.845. The Balaban J connectivity index is 3.18. The monoisotopic (exact) mass is 303 g/mol. The molecule has 0 aliphatic rings. The number of benzene rings is 1. The van der Waals surface area contributed by atoms with Crippen molar-refractivity contribution in [3.63, 3.8) is 0 Å². The standard InChI is InChI=1S/C12H14ClNO4S/c1-3-14(2)19(17,18)11-6-4-9(8-10(11)13)5-7-12(15)16/h4-8H,3H2,1-2H3,(H,15,16). The van der Waals surface area contributed by atoms with E-state index in [2.05, 4.69) is 0 Å². The highest BCUT2D eigenvalue weighted by Crippen LogP contribution is 2.25. The third-order valence-corrected chi connectivity index (χ3v) is 4.92. The summed E-state index contributed by atoms with van der Waals surface area (Å²) in [6, 6.07) is 4.28.